The van der Waals surface area contributed by atoms with Crippen LogP contribution in [0.15, 0.2) is 46.9 Å². The molecule has 26 heavy (non-hydrogen) atoms. The topological polar surface area (TPSA) is 99.5 Å². The van der Waals surface area contributed by atoms with E-state index in [1.165, 1.54) is 0 Å². The van der Waals surface area contributed by atoms with Crippen molar-refractivity contribution in [1.82, 2.24) is 10.3 Å². The van der Waals surface area contributed by atoms with Gasteiger partial charge in [0.2, 0.25) is 0 Å². The summed E-state index contributed by atoms with van der Waals surface area (Å²) < 4.78 is 5.42. The van der Waals surface area contributed by atoms with Gasteiger partial charge in [-0.05, 0) is 36.4 Å². The zero-order chi connectivity index (χ0) is 18.1. The van der Waals surface area contributed by atoms with Gasteiger partial charge in [-0.1, -0.05) is 6.07 Å². The van der Waals surface area contributed by atoms with Crippen LogP contribution in [0.5, 0.6) is 0 Å². The number of aromatic nitrogens is 1. The molecule has 1 aromatic heterocycles. The molecule has 3 N–H and O–H groups in total. The van der Waals surface area contributed by atoms with Crippen molar-refractivity contribution in [1.29, 1.82) is 0 Å². The van der Waals surface area contributed by atoms with Crippen molar-refractivity contribution in [2.45, 2.75) is 6.92 Å². The Balaban J connectivity index is 1.46. The first-order chi connectivity index (χ1) is 12.6. The van der Waals surface area contributed by atoms with Gasteiger partial charge >= 0.3 is 12.1 Å². The average molecular weight is 351 g/mol. The summed E-state index contributed by atoms with van der Waals surface area (Å²) in [5, 5.41) is 8.29. The summed E-state index contributed by atoms with van der Waals surface area (Å²) >= 11 is 0. The van der Waals surface area contributed by atoms with Crippen LogP contribution in [-0.2, 0) is 0 Å². The zero-order valence-corrected chi connectivity index (χ0v) is 14.1. The number of carbonyl (C=O) groups excluding carboxylic acids is 2. The van der Waals surface area contributed by atoms with Gasteiger partial charge in [-0.2, -0.15) is 0 Å². The van der Waals surface area contributed by atoms with Crippen LogP contribution in [-0.4, -0.2) is 30.1 Å². The van der Waals surface area contributed by atoms with E-state index in [0.29, 0.717) is 41.5 Å². The Morgan fingerprint density at radius 3 is 2.77 bits per heavy atom. The van der Waals surface area contributed by atoms with E-state index in [1.54, 1.807) is 48.2 Å². The SMILES string of the molecule is Cc1nc2cc(NC(=O)Nc3cccc(N4CCNC4=O)c3)ccc2o1. The summed E-state index contributed by atoms with van der Waals surface area (Å²) in [7, 11) is 0. The largest absolute Gasteiger partial charge is 0.441 e. The van der Waals surface area contributed by atoms with Gasteiger partial charge in [-0.25, -0.2) is 14.6 Å². The van der Waals surface area contributed by atoms with Gasteiger partial charge in [0.25, 0.3) is 0 Å². The number of carbonyl (C=O) groups is 2. The van der Waals surface area contributed by atoms with Crippen molar-refractivity contribution >= 4 is 40.2 Å². The highest BCUT2D eigenvalue weighted by Gasteiger charge is 2.21. The number of anilines is 3. The minimum atomic E-state index is -0.382. The normalized spacial score (nSPS) is 13.7. The Hall–Kier alpha value is -3.55. The van der Waals surface area contributed by atoms with Gasteiger partial charge in [-0.3, -0.25) is 4.90 Å². The molecule has 0 bridgehead atoms. The molecule has 132 valence electrons. The van der Waals surface area contributed by atoms with Gasteiger partial charge in [-0.15, -0.1) is 0 Å². The number of amides is 4. The van der Waals surface area contributed by atoms with Crippen LogP contribution in [0.1, 0.15) is 5.89 Å². The minimum Gasteiger partial charge on any atom is -0.441 e. The lowest BCUT2D eigenvalue weighted by atomic mass is 10.2. The first-order valence-corrected chi connectivity index (χ1v) is 8.19. The molecule has 1 fully saturated rings. The summed E-state index contributed by atoms with van der Waals surface area (Å²) in [6, 6.07) is 11.9. The molecule has 8 nitrogen and oxygen atoms in total. The molecule has 4 amide bonds. The molecule has 8 heteroatoms. The fourth-order valence-corrected chi connectivity index (χ4v) is 2.88. The lowest BCUT2D eigenvalue weighted by molar-refractivity contribution is 0.252. The van der Waals surface area contributed by atoms with E-state index in [9.17, 15) is 9.59 Å². The minimum absolute atomic E-state index is 0.136. The second-order valence-electron chi connectivity index (χ2n) is 5.93. The van der Waals surface area contributed by atoms with Crippen LogP contribution in [0.3, 0.4) is 0 Å². The molecule has 4 rings (SSSR count). The van der Waals surface area contributed by atoms with Crippen molar-refractivity contribution < 1.29 is 14.0 Å². The average Bonchev–Trinajstić information content (AvgIpc) is 3.19. The number of aryl methyl sites for hydroxylation is 1. The number of hydrogen-bond donors (Lipinski definition) is 3. The number of nitrogens with zero attached hydrogens (tertiary/aromatic N) is 2. The second kappa shape index (κ2) is 6.40. The molecule has 2 aromatic carbocycles. The number of oxazole rings is 1. The van der Waals surface area contributed by atoms with E-state index in [0.717, 1.165) is 5.69 Å². The van der Waals surface area contributed by atoms with Crippen LogP contribution in [0.2, 0.25) is 0 Å². The van der Waals surface area contributed by atoms with Crippen molar-refractivity contribution in [2.75, 3.05) is 28.6 Å². The molecule has 0 atom stereocenters. The Kier molecular flexibility index (Phi) is 3.92. The monoisotopic (exact) mass is 351 g/mol. The standard InChI is InChI=1S/C18H17N5O3/c1-11-20-15-10-13(5-6-16(15)26-11)22-17(24)21-12-3-2-4-14(9-12)23-8-7-19-18(23)25/h2-6,9-10H,7-8H2,1H3,(H,19,25)(H2,21,22,24). The van der Waals surface area contributed by atoms with E-state index >= 15 is 0 Å². The van der Waals surface area contributed by atoms with Gasteiger partial charge in [0.05, 0.1) is 0 Å². The molecule has 1 aliphatic rings. The van der Waals surface area contributed by atoms with E-state index in [1.807, 2.05) is 6.07 Å². The highest BCUT2D eigenvalue weighted by Crippen LogP contribution is 2.22. The van der Waals surface area contributed by atoms with E-state index in [2.05, 4.69) is 20.9 Å². The quantitative estimate of drug-likeness (QED) is 0.674. The third-order valence-corrected chi connectivity index (χ3v) is 4.02. The third-order valence-electron chi connectivity index (χ3n) is 4.02. The molecule has 2 heterocycles. The highest BCUT2D eigenvalue weighted by molar-refractivity contribution is 6.01. The third kappa shape index (κ3) is 3.16. The number of nitrogens with one attached hydrogen (secondary N) is 3. The van der Waals surface area contributed by atoms with Gasteiger partial charge in [0, 0.05) is 37.1 Å². The Bertz CT molecular complexity index is 997. The molecule has 1 aliphatic heterocycles. The maximum Gasteiger partial charge on any atom is 0.323 e. The van der Waals surface area contributed by atoms with Crippen LogP contribution in [0.25, 0.3) is 11.1 Å². The van der Waals surface area contributed by atoms with Gasteiger partial charge < -0.3 is 20.4 Å². The Morgan fingerprint density at radius 1 is 1.19 bits per heavy atom. The van der Waals surface area contributed by atoms with Crippen LogP contribution >= 0.6 is 0 Å². The van der Waals surface area contributed by atoms with Gasteiger partial charge in [0.1, 0.15) is 5.52 Å². The van der Waals surface area contributed by atoms with Crippen molar-refractivity contribution in [2.24, 2.45) is 0 Å². The van der Waals surface area contributed by atoms with Crippen LogP contribution in [0, 0.1) is 6.92 Å². The second-order valence-corrected chi connectivity index (χ2v) is 5.93. The zero-order valence-electron chi connectivity index (χ0n) is 14.1. The van der Waals surface area contributed by atoms with Crippen molar-refractivity contribution in [3.8, 4) is 0 Å². The summed E-state index contributed by atoms with van der Waals surface area (Å²) in [6.45, 7) is 2.99. The molecular weight excluding hydrogens is 334 g/mol. The molecule has 0 aliphatic carbocycles. The maximum absolute atomic E-state index is 12.3. The van der Waals surface area contributed by atoms with Crippen LogP contribution < -0.4 is 20.9 Å². The molecular formula is C18H17N5O3. The smallest absolute Gasteiger partial charge is 0.323 e. The fraction of sp³-hybridized carbons (Fsp3) is 0.167. The fourth-order valence-electron chi connectivity index (χ4n) is 2.88. The number of urea groups is 2. The lowest BCUT2D eigenvalue weighted by Crippen LogP contribution is -2.27. The van der Waals surface area contributed by atoms with Crippen molar-refractivity contribution in [3.05, 3.63) is 48.4 Å². The number of hydrogen-bond acceptors (Lipinski definition) is 4. The van der Waals surface area contributed by atoms with Crippen LogP contribution in [0.4, 0.5) is 26.7 Å². The summed E-state index contributed by atoms with van der Waals surface area (Å²) in [5.41, 5.74) is 3.29. The first-order valence-electron chi connectivity index (χ1n) is 8.19. The first kappa shape index (κ1) is 15.9. The van der Waals surface area contributed by atoms with E-state index in [4.69, 9.17) is 4.42 Å². The highest BCUT2D eigenvalue weighted by atomic mass is 16.3. The Labute approximate surface area is 149 Å². The molecule has 0 unspecified atom stereocenters. The Morgan fingerprint density at radius 2 is 2.00 bits per heavy atom. The molecule has 3 aromatic rings. The maximum atomic E-state index is 12.3. The number of rotatable bonds is 3. The predicted octanol–water partition coefficient (Wildman–Crippen LogP) is 3.31. The summed E-state index contributed by atoms with van der Waals surface area (Å²) in [6.07, 6.45) is 0. The number of fused-ring (bicyclic) bond motifs is 1. The molecule has 0 spiro atoms. The molecule has 1 saturated heterocycles. The van der Waals surface area contributed by atoms with Gasteiger partial charge in [0.15, 0.2) is 11.5 Å². The summed E-state index contributed by atoms with van der Waals surface area (Å²) in [5.74, 6) is 0.573. The predicted molar refractivity (Wildman–Crippen MR) is 98.6 cm³/mol. The molecule has 0 radical (unpaired) electrons. The van der Waals surface area contributed by atoms with E-state index in [-0.39, 0.29) is 12.1 Å². The summed E-state index contributed by atoms with van der Waals surface area (Å²) in [4.78, 5) is 29.9. The van der Waals surface area contributed by atoms with E-state index < -0.39 is 0 Å². The number of benzene rings is 2. The lowest BCUT2D eigenvalue weighted by Gasteiger charge is -2.15. The van der Waals surface area contributed by atoms with Crippen molar-refractivity contribution in [3.63, 3.8) is 0 Å². The molecule has 0 saturated carbocycles.